The number of carbonyl (C=O) groups excluding carboxylic acids is 2. The Morgan fingerprint density at radius 1 is 1.26 bits per heavy atom. The van der Waals surface area contributed by atoms with Gasteiger partial charge in [-0.3, -0.25) is 14.7 Å². The summed E-state index contributed by atoms with van der Waals surface area (Å²) in [4.78, 5) is 24.2. The largest absolute Gasteiger partial charge is 0.483 e. The number of urea groups is 1. The molecule has 0 unspecified atom stereocenters. The van der Waals surface area contributed by atoms with Crippen LogP contribution in [0.25, 0.3) is 0 Å². The van der Waals surface area contributed by atoms with Gasteiger partial charge in [-0.25, -0.2) is 9.18 Å². The summed E-state index contributed by atoms with van der Waals surface area (Å²) < 4.78 is 21.0. The number of hydrogen-bond donors (Lipinski definition) is 2. The first-order chi connectivity index (χ1) is 15.1. The number of halogens is 1. The molecular formula is C21H26FN5O3S. The van der Waals surface area contributed by atoms with E-state index in [0.717, 1.165) is 37.4 Å². The molecule has 10 heteroatoms. The summed E-state index contributed by atoms with van der Waals surface area (Å²) in [6.07, 6.45) is 6.93. The van der Waals surface area contributed by atoms with Gasteiger partial charge in [0.25, 0.3) is 0 Å². The Morgan fingerprint density at radius 2 is 2.03 bits per heavy atom. The normalized spacial score (nSPS) is 14.1. The van der Waals surface area contributed by atoms with Gasteiger partial charge in [0.1, 0.15) is 6.61 Å². The minimum absolute atomic E-state index is 0.00152. The number of carbonyl (C=O) groups is 2. The molecule has 0 bridgehead atoms. The van der Waals surface area contributed by atoms with Crippen LogP contribution in [-0.4, -0.2) is 38.5 Å². The van der Waals surface area contributed by atoms with Crippen LogP contribution in [0.1, 0.15) is 37.9 Å². The van der Waals surface area contributed by atoms with Gasteiger partial charge in [-0.15, -0.1) is 16.8 Å². The van der Waals surface area contributed by atoms with Crippen LogP contribution in [0, 0.1) is 5.82 Å². The lowest BCUT2D eigenvalue weighted by molar-refractivity contribution is -0.117. The molecule has 1 aliphatic carbocycles. The van der Waals surface area contributed by atoms with E-state index in [1.54, 1.807) is 22.8 Å². The molecule has 0 spiro atoms. The van der Waals surface area contributed by atoms with E-state index in [2.05, 4.69) is 27.4 Å². The minimum Gasteiger partial charge on any atom is -0.483 e. The maximum absolute atomic E-state index is 13.7. The number of nitrogens with one attached hydrogen (secondary N) is 2. The molecule has 1 heterocycles. The Morgan fingerprint density at radius 3 is 2.77 bits per heavy atom. The van der Waals surface area contributed by atoms with Crippen LogP contribution in [0.5, 0.6) is 5.75 Å². The maximum Gasteiger partial charge on any atom is 0.321 e. The summed E-state index contributed by atoms with van der Waals surface area (Å²) in [7, 11) is 0. The molecule has 1 saturated carbocycles. The quantitative estimate of drug-likeness (QED) is 0.451. The van der Waals surface area contributed by atoms with Crippen molar-refractivity contribution in [3.05, 3.63) is 48.6 Å². The van der Waals surface area contributed by atoms with E-state index in [1.165, 1.54) is 18.6 Å². The highest BCUT2D eigenvalue weighted by Crippen LogP contribution is 2.20. The molecule has 0 radical (unpaired) electrons. The first-order valence-corrected chi connectivity index (χ1v) is 11.2. The van der Waals surface area contributed by atoms with Gasteiger partial charge < -0.3 is 10.1 Å². The van der Waals surface area contributed by atoms with E-state index in [1.807, 2.05) is 0 Å². The van der Waals surface area contributed by atoms with Gasteiger partial charge in [0.05, 0.1) is 5.75 Å². The smallest absolute Gasteiger partial charge is 0.321 e. The summed E-state index contributed by atoms with van der Waals surface area (Å²) in [6.45, 7) is 4.13. The summed E-state index contributed by atoms with van der Waals surface area (Å²) in [5, 5.41) is 13.9. The summed E-state index contributed by atoms with van der Waals surface area (Å²) >= 11 is 1.15. The Hall–Kier alpha value is -2.88. The molecule has 1 aromatic carbocycles. The molecule has 3 rings (SSSR count). The van der Waals surface area contributed by atoms with Crippen molar-refractivity contribution in [2.75, 3.05) is 5.75 Å². The number of hydrogen-bond acceptors (Lipinski definition) is 6. The number of benzene rings is 1. The number of imide groups is 1. The van der Waals surface area contributed by atoms with Crippen LogP contribution in [0.2, 0.25) is 0 Å². The summed E-state index contributed by atoms with van der Waals surface area (Å²) in [5.41, 5.74) is 0. The molecule has 2 aromatic rings. The lowest BCUT2D eigenvalue weighted by atomic mass is 9.96. The van der Waals surface area contributed by atoms with Crippen LogP contribution in [0.15, 0.2) is 42.1 Å². The number of aromatic nitrogens is 3. The van der Waals surface area contributed by atoms with Gasteiger partial charge in [-0.2, -0.15) is 0 Å². The van der Waals surface area contributed by atoms with Crippen molar-refractivity contribution in [3.8, 4) is 5.75 Å². The third-order valence-corrected chi connectivity index (χ3v) is 5.79. The molecule has 166 valence electrons. The first-order valence-electron chi connectivity index (χ1n) is 10.2. The third-order valence-electron chi connectivity index (χ3n) is 4.82. The zero-order valence-electron chi connectivity index (χ0n) is 17.2. The highest BCUT2D eigenvalue weighted by molar-refractivity contribution is 7.99. The molecule has 3 amide bonds. The fourth-order valence-corrected chi connectivity index (χ4v) is 4.08. The zero-order chi connectivity index (χ0) is 22.1. The van der Waals surface area contributed by atoms with Crippen molar-refractivity contribution in [3.63, 3.8) is 0 Å². The monoisotopic (exact) mass is 447 g/mol. The maximum atomic E-state index is 13.7. The van der Waals surface area contributed by atoms with Crippen LogP contribution in [0.4, 0.5) is 9.18 Å². The van der Waals surface area contributed by atoms with Gasteiger partial charge in [0.15, 0.2) is 22.5 Å². The number of para-hydroxylation sites is 1. The standard InChI is InChI=1S/C21H26FN5O3S/c1-2-12-27-18(13-30-17-11-7-6-10-16(17)22)25-26-21(27)31-14-19(28)24-20(29)23-15-8-4-3-5-9-15/h2,6-7,10-11,15H,1,3-5,8-9,12-14H2,(H2,23,24,28,29). The third kappa shape index (κ3) is 6.81. The molecule has 0 atom stereocenters. The molecule has 8 nitrogen and oxygen atoms in total. The highest BCUT2D eigenvalue weighted by Gasteiger charge is 2.18. The zero-order valence-corrected chi connectivity index (χ0v) is 18.0. The fraction of sp³-hybridized carbons (Fsp3) is 0.429. The van der Waals surface area contributed by atoms with Gasteiger partial charge in [0, 0.05) is 12.6 Å². The van der Waals surface area contributed by atoms with Crippen molar-refractivity contribution in [1.29, 1.82) is 0 Å². The number of rotatable bonds is 9. The molecule has 0 aliphatic heterocycles. The van der Waals surface area contributed by atoms with E-state index >= 15 is 0 Å². The predicted octanol–water partition coefficient (Wildman–Crippen LogP) is 3.43. The second-order valence-electron chi connectivity index (χ2n) is 7.16. The molecule has 0 saturated heterocycles. The summed E-state index contributed by atoms with van der Waals surface area (Å²) in [6, 6.07) is 5.76. The van der Waals surface area contributed by atoms with Crippen LogP contribution < -0.4 is 15.4 Å². The van der Waals surface area contributed by atoms with Crippen LogP contribution in [-0.2, 0) is 17.9 Å². The van der Waals surface area contributed by atoms with Gasteiger partial charge >= 0.3 is 6.03 Å². The lowest BCUT2D eigenvalue weighted by Gasteiger charge is -2.22. The molecule has 1 aliphatic rings. The number of nitrogens with zero attached hydrogens (tertiary/aromatic N) is 3. The lowest BCUT2D eigenvalue weighted by Crippen LogP contribution is -2.45. The predicted molar refractivity (Wildman–Crippen MR) is 115 cm³/mol. The van der Waals surface area contributed by atoms with E-state index in [9.17, 15) is 14.0 Å². The first kappa shape index (κ1) is 22.8. The summed E-state index contributed by atoms with van der Waals surface area (Å²) in [5.74, 6) is -0.290. The minimum atomic E-state index is -0.468. The Kier molecular flexibility index (Phi) is 8.45. The number of ether oxygens (including phenoxy) is 1. The molecule has 2 N–H and O–H groups in total. The van der Waals surface area contributed by atoms with E-state index < -0.39 is 17.8 Å². The van der Waals surface area contributed by atoms with Crippen LogP contribution >= 0.6 is 11.8 Å². The fourth-order valence-electron chi connectivity index (χ4n) is 3.31. The number of amides is 3. The van der Waals surface area contributed by atoms with Crippen molar-refractivity contribution in [1.82, 2.24) is 25.4 Å². The SMILES string of the molecule is C=CCn1c(COc2ccccc2F)nnc1SCC(=O)NC(=O)NC1CCCCC1. The Labute approximate surface area is 184 Å². The van der Waals surface area contributed by atoms with Gasteiger partial charge in [0.2, 0.25) is 5.91 Å². The van der Waals surface area contributed by atoms with Crippen molar-refractivity contribution >= 4 is 23.7 Å². The van der Waals surface area contributed by atoms with Crippen molar-refractivity contribution < 1.29 is 18.7 Å². The molecule has 1 fully saturated rings. The number of allylic oxidation sites excluding steroid dienone is 1. The van der Waals surface area contributed by atoms with Crippen LogP contribution in [0.3, 0.4) is 0 Å². The van der Waals surface area contributed by atoms with E-state index in [-0.39, 0.29) is 24.2 Å². The average Bonchev–Trinajstić information content (AvgIpc) is 3.14. The average molecular weight is 448 g/mol. The molecule has 31 heavy (non-hydrogen) atoms. The van der Waals surface area contributed by atoms with Crippen molar-refractivity contribution in [2.24, 2.45) is 0 Å². The van der Waals surface area contributed by atoms with Crippen molar-refractivity contribution in [2.45, 2.75) is 56.5 Å². The molecule has 1 aromatic heterocycles. The molecular weight excluding hydrogens is 421 g/mol. The van der Waals surface area contributed by atoms with E-state index in [0.29, 0.717) is 17.5 Å². The van der Waals surface area contributed by atoms with E-state index in [4.69, 9.17) is 4.74 Å². The Bertz CT molecular complexity index is 914. The Balaban J connectivity index is 1.52. The number of thioether (sulfide) groups is 1. The van der Waals surface area contributed by atoms with Gasteiger partial charge in [-0.05, 0) is 25.0 Å². The highest BCUT2D eigenvalue weighted by atomic mass is 32.2. The topological polar surface area (TPSA) is 98.1 Å². The second kappa shape index (κ2) is 11.5. The van der Waals surface area contributed by atoms with Gasteiger partial charge in [-0.1, -0.05) is 49.2 Å². The second-order valence-corrected chi connectivity index (χ2v) is 8.10.